The minimum Gasteiger partial charge on any atom is -0.460 e. The molecule has 4 nitrogen and oxygen atoms in total. The molecule has 0 heterocycles. The third-order valence-corrected chi connectivity index (χ3v) is 2.18. The fraction of sp³-hybridized carbons (Fsp3) is 0.429. The number of carbonyl (C=O) groups excluding carboxylic acids is 2. The largest absolute Gasteiger partial charge is 0.460 e. The van der Waals surface area contributed by atoms with Gasteiger partial charge in [-0.3, -0.25) is 9.59 Å². The van der Waals surface area contributed by atoms with E-state index >= 15 is 0 Å². The van der Waals surface area contributed by atoms with Crippen molar-refractivity contribution in [3.05, 3.63) is 35.4 Å². The van der Waals surface area contributed by atoms with E-state index in [1.165, 1.54) is 0 Å². The maximum atomic E-state index is 11.7. The molecule has 0 aromatic heterocycles. The minimum atomic E-state index is -0.491. The van der Waals surface area contributed by atoms with Gasteiger partial charge in [-0.1, -0.05) is 12.1 Å². The third kappa shape index (κ3) is 4.57. The number of carbonyl (C=O) groups is 2. The highest BCUT2D eigenvalue weighted by molar-refractivity contribution is 5.94. The molecule has 0 aliphatic rings. The topological polar surface area (TPSA) is 55.4 Å². The molecule has 1 N–H and O–H groups in total. The van der Waals surface area contributed by atoms with Gasteiger partial charge in [0.15, 0.2) is 0 Å². The zero-order valence-corrected chi connectivity index (χ0v) is 11.2. The summed E-state index contributed by atoms with van der Waals surface area (Å²) in [5.74, 6) is -0.461. The zero-order chi connectivity index (χ0) is 13.8. The molecule has 0 radical (unpaired) electrons. The molecular weight excluding hydrogens is 230 g/mol. The molecule has 1 aromatic rings. The van der Waals surface area contributed by atoms with Crippen LogP contribution in [0.5, 0.6) is 0 Å². The van der Waals surface area contributed by atoms with Gasteiger partial charge in [0.25, 0.3) is 5.91 Å². The normalized spacial score (nSPS) is 10.9. The number of amides is 1. The highest BCUT2D eigenvalue weighted by Gasteiger charge is 2.16. The summed E-state index contributed by atoms with van der Waals surface area (Å²) in [5, 5.41) is 2.54. The van der Waals surface area contributed by atoms with E-state index in [0.29, 0.717) is 5.56 Å². The van der Waals surface area contributed by atoms with Gasteiger partial charge in [-0.25, -0.2) is 0 Å². The van der Waals surface area contributed by atoms with Crippen molar-refractivity contribution < 1.29 is 14.3 Å². The summed E-state index contributed by atoms with van der Waals surface area (Å²) in [6.07, 6.45) is 0.169. The van der Waals surface area contributed by atoms with E-state index in [1.54, 1.807) is 31.3 Å². The van der Waals surface area contributed by atoms with Crippen LogP contribution in [0.3, 0.4) is 0 Å². The summed E-state index contributed by atoms with van der Waals surface area (Å²) in [6, 6.07) is 6.96. The van der Waals surface area contributed by atoms with Crippen LogP contribution in [-0.2, 0) is 16.0 Å². The monoisotopic (exact) mass is 249 g/mol. The molecule has 1 rings (SSSR count). The molecule has 0 saturated heterocycles. The Morgan fingerprint density at radius 3 is 2.50 bits per heavy atom. The van der Waals surface area contributed by atoms with Crippen molar-refractivity contribution in [2.45, 2.75) is 32.8 Å². The van der Waals surface area contributed by atoms with E-state index in [-0.39, 0.29) is 18.3 Å². The van der Waals surface area contributed by atoms with Crippen molar-refractivity contribution in [3.63, 3.8) is 0 Å². The molecule has 0 unspecified atom stereocenters. The molecule has 0 bridgehead atoms. The van der Waals surface area contributed by atoms with Gasteiger partial charge in [-0.05, 0) is 38.5 Å². The number of ether oxygens (including phenoxy) is 1. The Kier molecular flexibility index (Phi) is 4.48. The number of hydrogen-bond acceptors (Lipinski definition) is 3. The molecule has 0 atom stereocenters. The molecule has 1 aromatic carbocycles. The van der Waals surface area contributed by atoms with Crippen molar-refractivity contribution in [2.24, 2.45) is 0 Å². The predicted molar refractivity (Wildman–Crippen MR) is 69.4 cm³/mol. The molecule has 98 valence electrons. The van der Waals surface area contributed by atoms with Gasteiger partial charge in [0.1, 0.15) is 5.60 Å². The van der Waals surface area contributed by atoms with Crippen LogP contribution in [0.15, 0.2) is 24.3 Å². The number of rotatable bonds is 3. The number of hydrogen-bond donors (Lipinski definition) is 1. The summed E-state index contributed by atoms with van der Waals surface area (Å²) in [4.78, 5) is 23.1. The summed E-state index contributed by atoms with van der Waals surface area (Å²) >= 11 is 0. The quantitative estimate of drug-likeness (QED) is 0.833. The Balaban J connectivity index is 2.74. The molecule has 0 fully saturated rings. The van der Waals surface area contributed by atoms with Crippen LogP contribution in [0.1, 0.15) is 36.7 Å². The number of benzene rings is 1. The van der Waals surface area contributed by atoms with E-state index in [4.69, 9.17) is 4.74 Å². The third-order valence-electron chi connectivity index (χ3n) is 2.18. The molecule has 18 heavy (non-hydrogen) atoms. The van der Waals surface area contributed by atoms with Gasteiger partial charge in [-0.2, -0.15) is 0 Å². The Bertz CT molecular complexity index is 447. The van der Waals surface area contributed by atoms with Crippen molar-refractivity contribution in [2.75, 3.05) is 7.05 Å². The average Bonchev–Trinajstić information content (AvgIpc) is 2.25. The molecule has 1 amide bonds. The maximum Gasteiger partial charge on any atom is 0.310 e. The van der Waals surface area contributed by atoms with Gasteiger partial charge in [-0.15, -0.1) is 0 Å². The molecule has 0 saturated carbocycles. The SMILES string of the molecule is CNC(=O)c1cccc(CC(=O)OC(C)(C)C)c1. The lowest BCUT2D eigenvalue weighted by Crippen LogP contribution is -2.25. The van der Waals surface area contributed by atoms with E-state index in [2.05, 4.69) is 5.32 Å². The lowest BCUT2D eigenvalue weighted by molar-refractivity contribution is -0.153. The predicted octanol–water partition coefficient (Wildman–Crippen LogP) is 1.93. The summed E-state index contributed by atoms with van der Waals surface area (Å²) in [5.41, 5.74) is 0.819. The van der Waals surface area contributed by atoms with Crippen LogP contribution in [0.4, 0.5) is 0 Å². The highest BCUT2D eigenvalue weighted by atomic mass is 16.6. The molecule has 0 aliphatic heterocycles. The fourth-order valence-electron chi connectivity index (χ4n) is 1.51. The van der Waals surface area contributed by atoms with E-state index < -0.39 is 5.60 Å². The lowest BCUT2D eigenvalue weighted by Gasteiger charge is -2.19. The van der Waals surface area contributed by atoms with Gasteiger partial charge >= 0.3 is 5.97 Å². The Morgan fingerprint density at radius 1 is 1.28 bits per heavy atom. The zero-order valence-electron chi connectivity index (χ0n) is 11.2. The maximum absolute atomic E-state index is 11.7. The van der Waals surface area contributed by atoms with Crippen LogP contribution in [0.2, 0.25) is 0 Å². The van der Waals surface area contributed by atoms with Crippen molar-refractivity contribution >= 4 is 11.9 Å². The second-order valence-electron chi connectivity index (χ2n) is 5.04. The molecular formula is C14H19NO3. The van der Waals surface area contributed by atoms with Gasteiger partial charge in [0, 0.05) is 12.6 Å². The second kappa shape index (κ2) is 5.67. The van der Waals surface area contributed by atoms with E-state index in [9.17, 15) is 9.59 Å². The average molecular weight is 249 g/mol. The van der Waals surface area contributed by atoms with Gasteiger partial charge < -0.3 is 10.1 Å². The standard InChI is InChI=1S/C14H19NO3/c1-14(2,3)18-12(16)9-10-6-5-7-11(8-10)13(17)15-4/h5-8H,9H2,1-4H3,(H,15,17). The lowest BCUT2D eigenvalue weighted by atomic mass is 10.1. The van der Waals surface area contributed by atoms with Gasteiger partial charge in [0.05, 0.1) is 6.42 Å². The summed E-state index contributed by atoms with van der Waals surface area (Å²) in [7, 11) is 1.57. The number of nitrogens with one attached hydrogen (secondary N) is 1. The Hall–Kier alpha value is -1.84. The van der Waals surface area contributed by atoms with E-state index in [0.717, 1.165) is 5.56 Å². The van der Waals surface area contributed by atoms with Crippen molar-refractivity contribution in [1.82, 2.24) is 5.32 Å². The molecule has 0 aliphatic carbocycles. The van der Waals surface area contributed by atoms with Crippen molar-refractivity contribution in [1.29, 1.82) is 0 Å². The molecule has 4 heteroatoms. The van der Waals surface area contributed by atoms with Crippen LogP contribution in [0.25, 0.3) is 0 Å². The summed E-state index contributed by atoms with van der Waals surface area (Å²) < 4.78 is 5.23. The smallest absolute Gasteiger partial charge is 0.310 e. The van der Waals surface area contributed by atoms with Crippen LogP contribution in [0, 0.1) is 0 Å². The first-order valence-corrected chi connectivity index (χ1v) is 5.84. The van der Waals surface area contributed by atoms with Crippen molar-refractivity contribution in [3.8, 4) is 0 Å². The minimum absolute atomic E-state index is 0.166. The highest BCUT2D eigenvalue weighted by Crippen LogP contribution is 2.11. The first kappa shape index (κ1) is 14.2. The summed E-state index contributed by atoms with van der Waals surface area (Å²) in [6.45, 7) is 5.48. The Morgan fingerprint density at radius 2 is 1.94 bits per heavy atom. The first-order chi connectivity index (χ1) is 8.31. The Labute approximate surface area is 107 Å². The first-order valence-electron chi connectivity index (χ1n) is 5.84. The van der Waals surface area contributed by atoms with Crippen LogP contribution < -0.4 is 5.32 Å². The second-order valence-corrected chi connectivity index (χ2v) is 5.04. The van der Waals surface area contributed by atoms with Gasteiger partial charge in [0.2, 0.25) is 0 Å². The molecule has 0 spiro atoms. The number of esters is 1. The van der Waals surface area contributed by atoms with Crippen LogP contribution in [-0.4, -0.2) is 24.5 Å². The van der Waals surface area contributed by atoms with E-state index in [1.807, 2.05) is 20.8 Å². The van der Waals surface area contributed by atoms with Crippen LogP contribution >= 0.6 is 0 Å². The fourth-order valence-corrected chi connectivity index (χ4v) is 1.51.